The van der Waals surface area contributed by atoms with Crippen LogP contribution < -0.4 is 0 Å². The van der Waals surface area contributed by atoms with E-state index in [-0.39, 0.29) is 40.0 Å². The molecule has 26 heavy (non-hydrogen) atoms. The van der Waals surface area contributed by atoms with Gasteiger partial charge in [0.1, 0.15) is 11.5 Å². The molecule has 0 radical (unpaired) electrons. The lowest BCUT2D eigenvalue weighted by Crippen LogP contribution is -2.31. The second-order valence-electron chi connectivity index (χ2n) is 6.60. The molecule has 2 aromatic carbocycles. The summed E-state index contributed by atoms with van der Waals surface area (Å²) in [5.74, 6) is -3.21. The van der Waals surface area contributed by atoms with E-state index in [1.54, 1.807) is 0 Å². The Labute approximate surface area is 148 Å². The molecule has 0 aliphatic heterocycles. The van der Waals surface area contributed by atoms with Crippen LogP contribution in [0.4, 0.5) is 0 Å². The topological polar surface area (TPSA) is 132 Å². The van der Waals surface area contributed by atoms with Crippen molar-refractivity contribution in [3.05, 3.63) is 58.1 Å². The second-order valence-corrected chi connectivity index (χ2v) is 6.60. The Morgan fingerprint density at radius 2 is 1.62 bits per heavy atom. The predicted octanol–water partition coefficient (Wildman–Crippen LogP) is 1.64. The Bertz CT molecular complexity index is 957. The molecule has 2 aromatic rings. The fraction of sp³-hybridized carbons (Fsp3) is 0.211. The van der Waals surface area contributed by atoms with E-state index in [0.717, 1.165) is 0 Å². The van der Waals surface area contributed by atoms with Crippen molar-refractivity contribution in [1.82, 2.24) is 0 Å². The lowest BCUT2D eigenvalue weighted by atomic mass is 9.81. The summed E-state index contributed by atoms with van der Waals surface area (Å²) in [4.78, 5) is 36.2. The maximum absolute atomic E-state index is 12.7. The zero-order chi connectivity index (χ0) is 19.2. The number of carboxylic acids is 1. The number of phenols is 2. The number of carbonyl (C=O) groups excluding carboxylic acids is 2. The van der Waals surface area contributed by atoms with Gasteiger partial charge in [-0.2, -0.15) is 0 Å². The number of phenolic OH excluding ortho intramolecular Hbond substituents is 2. The molecule has 134 valence electrons. The summed E-state index contributed by atoms with van der Waals surface area (Å²) in [7, 11) is 0. The van der Waals surface area contributed by atoms with Crippen LogP contribution in [-0.2, 0) is 11.2 Å². The highest BCUT2D eigenvalue weighted by Crippen LogP contribution is 2.38. The predicted molar refractivity (Wildman–Crippen MR) is 89.7 cm³/mol. The number of carboxylic acid groups (broad SMARTS) is 1. The molecule has 0 amide bonds. The second kappa shape index (κ2) is 5.96. The molecule has 7 nitrogen and oxygen atoms in total. The first-order valence-corrected chi connectivity index (χ1v) is 7.83. The highest BCUT2D eigenvalue weighted by molar-refractivity contribution is 6.30. The molecule has 7 heteroatoms. The first-order chi connectivity index (χ1) is 12.1. The van der Waals surface area contributed by atoms with E-state index in [2.05, 4.69) is 0 Å². The summed E-state index contributed by atoms with van der Waals surface area (Å²) < 4.78 is 0. The minimum absolute atomic E-state index is 0.0211. The van der Waals surface area contributed by atoms with Gasteiger partial charge in [0.2, 0.25) is 0 Å². The zero-order valence-electron chi connectivity index (χ0n) is 13.8. The van der Waals surface area contributed by atoms with E-state index in [9.17, 15) is 29.7 Å². The molecular weight excluding hydrogens is 340 g/mol. The molecule has 1 aliphatic rings. The maximum atomic E-state index is 12.7. The lowest BCUT2D eigenvalue weighted by Gasteiger charge is -2.24. The maximum Gasteiger partial charge on any atom is 0.306 e. The number of aromatic hydroxyl groups is 2. The summed E-state index contributed by atoms with van der Waals surface area (Å²) in [6, 6.07) is 6.79. The quantitative estimate of drug-likeness (QED) is 0.558. The highest BCUT2D eigenvalue weighted by Gasteiger charge is 2.36. The van der Waals surface area contributed by atoms with Crippen molar-refractivity contribution < 1.29 is 34.8 Å². The Hall–Kier alpha value is -3.19. The van der Waals surface area contributed by atoms with Crippen LogP contribution in [0.3, 0.4) is 0 Å². The van der Waals surface area contributed by atoms with Crippen molar-refractivity contribution in [2.45, 2.75) is 25.4 Å². The smallest absolute Gasteiger partial charge is 0.306 e. The average Bonchev–Trinajstić information content (AvgIpc) is 2.52. The Balaban J connectivity index is 2.10. The lowest BCUT2D eigenvalue weighted by molar-refractivity contribution is -0.141. The third-order valence-corrected chi connectivity index (χ3v) is 4.35. The number of carbonyl (C=O) groups is 3. The van der Waals surface area contributed by atoms with E-state index < -0.39 is 35.3 Å². The molecule has 1 aliphatic carbocycles. The van der Waals surface area contributed by atoms with E-state index in [1.165, 1.54) is 37.3 Å². The van der Waals surface area contributed by atoms with Gasteiger partial charge in [-0.3, -0.25) is 14.4 Å². The number of hydrogen-bond donors (Lipinski definition) is 4. The van der Waals surface area contributed by atoms with E-state index >= 15 is 0 Å². The molecule has 0 saturated heterocycles. The van der Waals surface area contributed by atoms with Gasteiger partial charge in [-0.25, -0.2) is 0 Å². The van der Waals surface area contributed by atoms with Crippen LogP contribution in [0.2, 0.25) is 0 Å². The SMILES string of the molecule is C[C@](O)(CC(=O)O)Cc1ccc2c(c1O)C(=O)c1cccc(O)c1C2=O. The van der Waals surface area contributed by atoms with Gasteiger partial charge in [0, 0.05) is 17.5 Å². The summed E-state index contributed by atoms with van der Waals surface area (Å²) in [5.41, 5.74) is -1.89. The van der Waals surface area contributed by atoms with Crippen LogP contribution in [0, 0.1) is 0 Å². The van der Waals surface area contributed by atoms with Crippen LogP contribution in [0.5, 0.6) is 11.5 Å². The molecule has 0 aromatic heterocycles. The number of aliphatic hydroxyl groups is 1. The number of benzene rings is 2. The molecule has 0 unspecified atom stereocenters. The Morgan fingerprint density at radius 3 is 2.27 bits per heavy atom. The summed E-state index contributed by atoms with van der Waals surface area (Å²) >= 11 is 0. The van der Waals surface area contributed by atoms with Gasteiger partial charge in [0.15, 0.2) is 11.6 Å². The zero-order valence-corrected chi connectivity index (χ0v) is 13.8. The number of ketones is 2. The largest absolute Gasteiger partial charge is 0.507 e. The van der Waals surface area contributed by atoms with E-state index in [4.69, 9.17) is 5.11 Å². The normalized spacial score (nSPS) is 15.2. The molecule has 4 N–H and O–H groups in total. The van der Waals surface area contributed by atoms with Crippen molar-refractivity contribution in [1.29, 1.82) is 0 Å². The van der Waals surface area contributed by atoms with Gasteiger partial charge >= 0.3 is 5.97 Å². The van der Waals surface area contributed by atoms with Gasteiger partial charge < -0.3 is 20.4 Å². The van der Waals surface area contributed by atoms with Gasteiger partial charge in [0.25, 0.3) is 0 Å². The minimum atomic E-state index is -1.64. The van der Waals surface area contributed by atoms with Gasteiger partial charge in [-0.05, 0) is 24.6 Å². The van der Waals surface area contributed by atoms with E-state index in [1.807, 2.05) is 0 Å². The van der Waals surface area contributed by atoms with Crippen LogP contribution >= 0.6 is 0 Å². The van der Waals surface area contributed by atoms with Crippen molar-refractivity contribution in [3.63, 3.8) is 0 Å². The van der Waals surface area contributed by atoms with Crippen LogP contribution in [0.25, 0.3) is 0 Å². The van der Waals surface area contributed by atoms with Gasteiger partial charge in [0.05, 0.1) is 23.1 Å². The molecule has 3 rings (SSSR count). The first-order valence-electron chi connectivity index (χ1n) is 7.83. The molecule has 0 heterocycles. The fourth-order valence-corrected chi connectivity index (χ4v) is 3.23. The van der Waals surface area contributed by atoms with Crippen LogP contribution in [0.15, 0.2) is 30.3 Å². The molecule has 0 bridgehead atoms. The molecule has 0 saturated carbocycles. The van der Waals surface area contributed by atoms with Crippen LogP contribution in [-0.4, -0.2) is 43.6 Å². The van der Waals surface area contributed by atoms with Crippen LogP contribution in [0.1, 0.15) is 50.8 Å². The number of aliphatic carboxylic acids is 1. The standard InChI is InChI=1S/C19H16O7/c1-19(26,8-13(21)22)7-9-5-6-11-15(16(9)23)18(25)10-3-2-4-12(20)14(10)17(11)24/h2-6,20,23,26H,7-8H2,1H3,(H,21,22)/t19-/m1/s1. The third kappa shape index (κ3) is 2.82. The highest BCUT2D eigenvalue weighted by atomic mass is 16.4. The van der Waals surface area contributed by atoms with Crippen molar-refractivity contribution >= 4 is 17.5 Å². The van der Waals surface area contributed by atoms with Gasteiger partial charge in [-0.1, -0.05) is 18.2 Å². The third-order valence-electron chi connectivity index (χ3n) is 4.35. The molecule has 0 fully saturated rings. The van der Waals surface area contributed by atoms with Crippen molar-refractivity contribution in [2.75, 3.05) is 0 Å². The minimum Gasteiger partial charge on any atom is -0.507 e. The summed E-state index contributed by atoms with van der Waals surface area (Å²) in [6.07, 6.45) is -0.764. The van der Waals surface area contributed by atoms with Crippen molar-refractivity contribution in [2.24, 2.45) is 0 Å². The number of hydrogen-bond acceptors (Lipinski definition) is 6. The van der Waals surface area contributed by atoms with Crippen molar-refractivity contribution in [3.8, 4) is 11.5 Å². The average molecular weight is 356 g/mol. The molecule has 0 spiro atoms. The van der Waals surface area contributed by atoms with E-state index in [0.29, 0.717) is 0 Å². The van der Waals surface area contributed by atoms with Gasteiger partial charge in [-0.15, -0.1) is 0 Å². The summed E-state index contributed by atoms with van der Waals surface area (Å²) in [6.45, 7) is 1.31. The number of rotatable bonds is 4. The first kappa shape index (κ1) is 17.6. The molecule has 1 atom stereocenters. The molecular formula is C19H16O7. The Morgan fingerprint density at radius 1 is 1.00 bits per heavy atom. The monoisotopic (exact) mass is 356 g/mol. The number of fused-ring (bicyclic) bond motifs is 2. The fourth-order valence-electron chi connectivity index (χ4n) is 3.23. The summed E-state index contributed by atoms with van der Waals surface area (Å²) in [5, 5.41) is 39.5. The Kier molecular flexibility index (Phi) is 4.04.